The largest absolute Gasteiger partial charge is 0.467 e. The zero-order valence-electron chi connectivity index (χ0n) is 11.5. The van der Waals surface area contributed by atoms with Crippen molar-refractivity contribution in [2.45, 2.75) is 51.6 Å². The molecule has 0 aromatic heterocycles. The van der Waals surface area contributed by atoms with Crippen molar-refractivity contribution in [2.24, 2.45) is 5.92 Å². The Kier molecular flexibility index (Phi) is 6.12. The van der Waals surface area contributed by atoms with Gasteiger partial charge >= 0.3 is 5.97 Å². The van der Waals surface area contributed by atoms with Crippen LogP contribution in [-0.4, -0.2) is 37.6 Å². The van der Waals surface area contributed by atoms with E-state index in [1.807, 2.05) is 13.8 Å². The number of hydrogen-bond acceptors (Lipinski definition) is 4. The number of methoxy groups -OCH3 is 1. The molecule has 0 spiro atoms. The summed E-state index contributed by atoms with van der Waals surface area (Å²) in [5.41, 5.74) is 0. The fourth-order valence-electron chi connectivity index (χ4n) is 2.18. The van der Waals surface area contributed by atoms with Gasteiger partial charge in [0.2, 0.25) is 5.91 Å². The summed E-state index contributed by atoms with van der Waals surface area (Å²) in [5, 5.41) is 5.96. The van der Waals surface area contributed by atoms with Gasteiger partial charge in [0.1, 0.15) is 6.04 Å². The summed E-state index contributed by atoms with van der Waals surface area (Å²) in [6.07, 6.45) is 3.60. The maximum Gasteiger partial charge on any atom is 0.328 e. The Morgan fingerprint density at radius 1 is 1.39 bits per heavy atom. The number of amides is 1. The summed E-state index contributed by atoms with van der Waals surface area (Å²) in [5.74, 6) is -0.132. The topological polar surface area (TPSA) is 67.4 Å². The molecule has 0 aromatic carbocycles. The number of hydrogen-bond donors (Lipinski definition) is 2. The summed E-state index contributed by atoms with van der Waals surface area (Å²) in [7, 11) is 1.35. The van der Waals surface area contributed by atoms with Gasteiger partial charge in [-0.1, -0.05) is 20.3 Å². The molecule has 1 rings (SSSR count). The first-order valence-corrected chi connectivity index (χ1v) is 6.66. The Labute approximate surface area is 109 Å². The van der Waals surface area contributed by atoms with Crippen LogP contribution in [0.15, 0.2) is 0 Å². The van der Waals surface area contributed by atoms with Crippen LogP contribution < -0.4 is 10.6 Å². The van der Waals surface area contributed by atoms with Crippen molar-refractivity contribution in [1.29, 1.82) is 0 Å². The number of nitrogens with one attached hydrogen (secondary N) is 2. The predicted octanol–water partition coefficient (Wildman–Crippen LogP) is 0.832. The second kappa shape index (κ2) is 7.36. The van der Waals surface area contributed by atoms with Crippen LogP contribution in [0.1, 0.15) is 39.5 Å². The van der Waals surface area contributed by atoms with Crippen LogP contribution in [0.5, 0.6) is 0 Å². The Bertz CT molecular complexity index is 286. The van der Waals surface area contributed by atoms with Crippen molar-refractivity contribution in [1.82, 2.24) is 10.6 Å². The molecule has 5 nitrogen and oxygen atoms in total. The molecule has 1 aliphatic heterocycles. The third kappa shape index (κ3) is 4.64. The van der Waals surface area contributed by atoms with Crippen LogP contribution in [0, 0.1) is 5.92 Å². The van der Waals surface area contributed by atoms with Gasteiger partial charge in [-0.25, -0.2) is 4.79 Å². The highest BCUT2D eigenvalue weighted by atomic mass is 16.5. The SMILES string of the molecule is COC(=O)C(CC(C)C)NC(=O)[C@H]1CCCCN1. The summed E-state index contributed by atoms with van der Waals surface area (Å²) in [4.78, 5) is 23.6. The number of ether oxygens (including phenoxy) is 1. The standard InChI is InChI=1S/C13H24N2O3/c1-9(2)8-11(13(17)18-3)15-12(16)10-6-4-5-7-14-10/h9-11,14H,4-8H2,1-3H3,(H,15,16)/t10-,11?/m1/s1. The van der Waals surface area contributed by atoms with Gasteiger partial charge in [0.15, 0.2) is 0 Å². The molecule has 1 aliphatic rings. The molecular formula is C13H24N2O3. The lowest BCUT2D eigenvalue weighted by Gasteiger charge is -2.25. The number of piperidine rings is 1. The molecule has 0 aromatic rings. The Hall–Kier alpha value is -1.10. The van der Waals surface area contributed by atoms with E-state index in [2.05, 4.69) is 10.6 Å². The van der Waals surface area contributed by atoms with E-state index >= 15 is 0 Å². The predicted molar refractivity (Wildman–Crippen MR) is 69.0 cm³/mol. The molecule has 0 saturated carbocycles. The quantitative estimate of drug-likeness (QED) is 0.715. The van der Waals surface area contributed by atoms with Crippen LogP contribution >= 0.6 is 0 Å². The maximum absolute atomic E-state index is 12.0. The van der Waals surface area contributed by atoms with Gasteiger partial charge < -0.3 is 15.4 Å². The first-order chi connectivity index (χ1) is 8.54. The lowest BCUT2D eigenvalue weighted by Crippen LogP contribution is -2.52. The summed E-state index contributed by atoms with van der Waals surface area (Å²) in [6.45, 7) is 4.90. The molecule has 104 valence electrons. The summed E-state index contributed by atoms with van der Waals surface area (Å²) >= 11 is 0. The van der Waals surface area contributed by atoms with Gasteiger partial charge in [-0.15, -0.1) is 0 Å². The molecule has 1 unspecified atom stereocenters. The first-order valence-electron chi connectivity index (χ1n) is 6.66. The van der Waals surface area contributed by atoms with Crippen molar-refractivity contribution >= 4 is 11.9 Å². The number of rotatable bonds is 5. The molecule has 0 radical (unpaired) electrons. The lowest BCUT2D eigenvalue weighted by atomic mass is 10.0. The van der Waals surface area contributed by atoms with E-state index < -0.39 is 6.04 Å². The number of carbonyl (C=O) groups is 2. The van der Waals surface area contributed by atoms with E-state index in [1.165, 1.54) is 7.11 Å². The molecule has 2 atom stereocenters. The van der Waals surface area contributed by atoms with Crippen LogP contribution in [0.4, 0.5) is 0 Å². The van der Waals surface area contributed by atoms with Crippen molar-refractivity contribution < 1.29 is 14.3 Å². The van der Waals surface area contributed by atoms with Gasteiger partial charge in [0, 0.05) is 0 Å². The van der Waals surface area contributed by atoms with E-state index in [1.54, 1.807) is 0 Å². The van der Waals surface area contributed by atoms with E-state index in [-0.39, 0.29) is 17.9 Å². The minimum atomic E-state index is -0.536. The van der Waals surface area contributed by atoms with Crippen LogP contribution in [0.3, 0.4) is 0 Å². The summed E-state index contributed by atoms with van der Waals surface area (Å²) < 4.78 is 4.73. The molecule has 0 aliphatic carbocycles. The Balaban J connectivity index is 2.52. The normalized spacial score (nSPS) is 21.4. The van der Waals surface area contributed by atoms with E-state index in [0.29, 0.717) is 12.3 Å². The van der Waals surface area contributed by atoms with Gasteiger partial charge in [-0.3, -0.25) is 4.79 Å². The number of carbonyl (C=O) groups excluding carboxylic acids is 2. The molecular weight excluding hydrogens is 232 g/mol. The van der Waals surface area contributed by atoms with Crippen molar-refractivity contribution in [2.75, 3.05) is 13.7 Å². The molecule has 1 fully saturated rings. The molecule has 5 heteroatoms. The fourth-order valence-corrected chi connectivity index (χ4v) is 2.18. The van der Waals surface area contributed by atoms with E-state index in [4.69, 9.17) is 4.74 Å². The van der Waals surface area contributed by atoms with Crippen LogP contribution in [0.2, 0.25) is 0 Å². The number of esters is 1. The van der Waals surface area contributed by atoms with Gasteiger partial charge in [-0.05, 0) is 31.7 Å². The highest BCUT2D eigenvalue weighted by Crippen LogP contribution is 2.10. The third-order valence-electron chi connectivity index (χ3n) is 3.14. The fraction of sp³-hybridized carbons (Fsp3) is 0.846. The molecule has 1 saturated heterocycles. The zero-order chi connectivity index (χ0) is 13.5. The van der Waals surface area contributed by atoms with E-state index in [0.717, 1.165) is 25.8 Å². The maximum atomic E-state index is 12.0. The molecule has 18 heavy (non-hydrogen) atoms. The minimum Gasteiger partial charge on any atom is -0.467 e. The second-order valence-corrected chi connectivity index (χ2v) is 5.22. The van der Waals surface area contributed by atoms with Crippen molar-refractivity contribution in [3.05, 3.63) is 0 Å². The molecule has 1 heterocycles. The highest BCUT2D eigenvalue weighted by Gasteiger charge is 2.27. The van der Waals surface area contributed by atoms with E-state index in [9.17, 15) is 9.59 Å². The molecule has 1 amide bonds. The van der Waals surface area contributed by atoms with Gasteiger partial charge in [-0.2, -0.15) is 0 Å². The minimum absolute atomic E-state index is 0.0919. The molecule has 0 bridgehead atoms. The van der Waals surface area contributed by atoms with Crippen molar-refractivity contribution in [3.63, 3.8) is 0 Å². The van der Waals surface area contributed by atoms with Crippen LogP contribution in [0.25, 0.3) is 0 Å². The molecule has 2 N–H and O–H groups in total. The smallest absolute Gasteiger partial charge is 0.328 e. The van der Waals surface area contributed by atoms with Gasteiger partial charge in [0.05, 0.1) is 13.2 Å². The Morgan fingerprint density at radius 2 is 2.11 bits per heavy atom. The highest BCUT2D eigenvalue weighted by molar-refractivity contribution is 5.87. The lowest BCUT2D eigenvalue weighted by molar-refractivity contribution is -0.145. The average Bonchev–Trinajstić information content (AvgIpc) is 2.37. The summed E-state index contributed by atoms with van der Waals surface area (Å²) in [6, 6.07) is -0.704. The second-order valence-electron chi connectivity index (χ2n) is 5.22. The third-order valence-corrected chi connectivity index (χ3v) is 3.14. The van der Waals surface area contributed by atoms with Crippen molar-refractivity contribution in [3.8, 4) is 0 Å². The monoisotopic (exact) mass is 256 g/mol. The first kappa shape index (κ1) is 15.0. The Morgan fingerprint density at radius 3 is 2.61 bits per heavy atom. The zero-order valence-corrected chi connectivity index (χ0v) is 11.5. The average molecular weight is 256 g/mol. The van der Waals surface area contributed by atoms with Gasteiger partial charge in [0.25, 0.3) is 0 Å². The van der Waals surface area contributed by atoms with Crippen LogP contribution in [-0.2, 0) is 14.3 Å².